The Bertz CT molecular complexity index is 895. The van der Waals surface area contributed by atoms with E-state index in [1.807, 2.05) is 0 Å². The van der Waals surface area contributed by atoms with Gasteiger partial charge in [0.15, 0.2) is 5.78 Å². The molecule has 0 amide bonds. The predicted octanol–water partition coefficient (Wildman–Crippen LogP) is 5.00. The van der Waals surface area contributed by atoms with E-state index in [-0.39, 0.29) is 11.6 Å². The number of hydrogen-bond donors (Lipinski definition) is 0. The molecular formula is C20H13FO3S. The summed E-state index contributed by atoms with van der Waals surface area (Å²) in [6.45, 7) is 0. The number of benzene rings is 2. The van der Waals surface area contributed by atoms with Crippen LogP contribution in [0.4, 0.5) is 4.39 Å². The monoisotopic (exact) mass is 352 g/mol. The second-order valence-electron chi connectivity index (χ2n) is 5.14. The first-order valence-electron chi connectivity index (χ1n) is 7.45. The number of allylic oxidation sites excluding steroid dienone is 1. The van der Waals surface area contributed by atoms with Gasteiger partial charge in [-0.05, 0) is 59.5 Å². The molecule has 0 fully saturated rings. The minimum absolute atomic E-state index is 0.194. The molecule has 3 rings (SSSR count). The number of halogens is 1. The van der Waals surface area contributed by atoms with E-state index in [1.54, 1.807) is 60.0 Å². The third-order valence-corrected chi connectivity index (χ3v) is 4.22. The zero-order chi connectivity index (χ0) is 17.6. The fourth-order valence-electron chi connectivity index (χ4n) is 2.08. The van der Waals surface area contributed by atoms with Crippen molar-refractivity contribution < 1.29 is 18.7 Å². The number of carbonyl (C=O) groups excluding carboxylic acids is 2. The molecule has 0 unspecified atom stereocenters. The lowest BCUT2D eigenvalue weighted by Gasteiger charge is -2.03. The van der Waals surface area contributed by atoms with E-state index in [2.05, 4.69) is 0 Å². The van der Waals surface area contributed by atoms with Crippen molar-refractivity contribution in [2.75, 3.05) is 0 Å². The molecule has 0 aliphatic rings. The second kappa shape index (κ2) is 7.68. The molecule has 0 spiro atoms. The molecule has 0 aliphatic heterocycles. The summed E-state index contributed by atoms with van der Waals surface area (Å²) in [7, 11) is 0. The quantitative estimate of drug-likeness (QED) is 0.281. The summed E-state index contributed by atoms with van der Waals surface area (Å²) in [6, 6.07) is 15.6. The zero-order valence-corrected chi connectivity index (χ0v) is 13.8. The Morgan fingerprint density at radius 1 is 0.960 bits per heavy atom. The fourth-order valence-corrected chi connectivity index (χ4v) is 2.68. The number of carbonyl (C=O) groups is 2. The van der Waals surface area contributed by atoms with Crippen molar-refractivity contribution in [1.82, 2.24) is 0 Å². The minimum Gasteiger partial charge on any atom is -0.422 e. The van der Waals surface area contributed by atoms with Gasteiger partial charge < -0.3 is 4.74 Å². The Labute approximate surface area is 148 Å². The summed E-state index contributed by atoms with van der Waals surface area (Å²) in [6.07, 6.45) is 3.03. The largest absolute Gasteiger partial charge is 0.422 e. The molecule has 3 nitrogen and oxygen atoms in total. The van der Waals surface area contributed by atoms with Gasteiger partial charge in [-0.2, -0.15) is 0 Å². The average molecular weight is 352 g/mol. The van der Waals surface area contributed by atoms with Gasteiger partial charge >= 0.3 is 5.97 Å². The van der Waals surface area contributed by atoms with Crippen LogP contribution in [-0.2, 0) is 0 Å². The number of ketones is 1. The molecule has 124 valence electrons. The summed E-state index contributed by atoms with van der Waals surface area (Å²) in [5, 5.41) is 1.80. The van der Waals surface area contributed by atoms with Crippen molar-refractivity contribution in [3.05, 3.63) is 93.9 Å². The van der Waals surface area contributed by atoms with Gasteiger partial charge in [0.1, 0.15) is 16.4 Å². The Morgan fingerprint density at radius 2 is 1.68 bits per heavy atom. The Balaban J connectivity index is 1.64. The molecule has 5 heteroatoms. The highest BCUT2D eigenvalue weighted by Crippen LogP contribution is 2.17. The van der Waals surface area contributed by atoms with E-state index in [1.165, 1.54) is 29.5 Å². The van der Waals surface area contributed by atoms with E-state index in [0.29, 0.717) is 16.2 Å². The Kier molecular flexibility index (Phi) is 5.16. The van der Waals surface area contributed by atoms with Gasteiger partial charge in [-0.3, -0.25) is 4.79 Å². The maximum Gasteiger partial charge on any atom is 0.353 e. The fraction of sp³-hybridized carbons (Fsp3) is 0. The zero-order valence-electron chi connectivity index (χ0n) is 13.0. The molecule has 0 bridgehead atoms. The van der Waals surface area contributed by atoms with Crippen LogP contribution in [0.3, 0.4) is 0 Å². The van der Waals surface area contributed by atoms with E-state index in [0.717, 1.165) is 5.56 Å². The topological polar surface area (TPSA) is 43.4 Å². The van der Waals surface area contributed by atoms with Gasteiger partial charge in [0.25, 0.3) is 0 Å². The number of thiophene rings is 1. The van der Waals surface area contributed by atoms with Crippen LogP contribution in [-0.4, -0.2) is 11.8 Å². The Morgan fingerprint density at radius 3 is 2.32 bits per heavy atom. The molecule has 0 saturated heterocycles. The van der Waals surface area contributed by atoms with Crippen molar-refractivity contribution in [2.45, 2.75) is 0 Å². The predicted molar refractivity (Wildman–Crippen MR) is 95.5 cm³/mol. The minimum atomic E-state index is -0.426. The lowest BCUT2D eigenvalue weighted by molar-refractivity contribution is 0.0740. The third kappa shape index (κ3) is 4.49. The lowest BCUT2D eigenvalue weighted by atomic mass is 10.1. The van der Waals surface area contributed by atoms with Gasteiger partial charge in [0, 0.05) is 5.56 Å². The van der Waals surface area contributed by atoms with Crippen molar-refractivity contribution >= 4 is 29.2 Å². The van der Waals surface area contributed by atoms with E-state index >= 15 is 0 Å². The molecule has 3 aromatic rings. The highest BCUT2D eigenvalue weighted by Gasteiger charge is 2.10. The molecule has 0 N–H and O–H groups in total. The maximum atomic E-state index is 12.8. The van der Waals surface area contributed by atoms with Crippen LogP contribution in [0, 0.1) is 5.82 Å². The number of hydrogen-bond acceptors (Lipinski definition) is 4. The van der Waals surface area contributed by atoms with E-state index in [9.17, 15) is 14.0 Å². The lowest BCUT2D eigenvalue weighted by Crippen LogP contribution is -2.06. The van der Waals surface area contributed by atoms with Gasteiger partial charge in [-0.1, -0.05) is 24.3 Å². The van der Waals surface area contributed by atoms with Crippen molar-refractivity contribution in [3.63, 3.8) is 0 Å². The molecule has 0 saturated carbocycles. The SMILES string of the molecule is O=C(/C=C/c1ccc(F)cc1)c1ccc(OC(=O)c2cccs2)cc1. The number of ether oxygens (including phenoxy) is 1. The van der Waals surface area contributed by atoms with Crippen molar-refractivity contribution in [2.24, 2.45) is 0 Å². The summed E-state index contributed by atoms with van der Waals surface area (Å²) in [5.74, 6) is -0.570. The van der Waals surface area contributed by atoms with Gasteiger partial charge in [0.05, 0.1) is 0 Å². The molecule has 25 heavy (non-hydrogen) atoms. The van der Waals surface area contributed by atoms with Crippen LogP contribution in [0.5, 0.6) is 5.75 Å². The highest BCUT2D eigenvalue weighted by molar-refractivity contribution is 7.12. The smallest absolute Gasteiger partial charge is 0.353 e. The highest BCUT2D eigenvalue weighted by atomic mass is 32.1. The maximum absolute atomic E-state index is 12.8. The van der Waals surface area contributed by atoms with Crippen LogP contribution >= 0.6 is 11.3 Å². The first-order chi connectivity index (χ1) is 12.1. The van der Waals surface area contributed by atoms with Gasteiger partial charge in [-0.25, -0.2) is 9.18 Å². The van der Waals surface area contributed by atoms with Crippen molar-refractivity contribution in [3.8, 4) is 5.75 Å². The molecular weight excluding hydrogens is 339 g/mol. The molecule has 0 aliphatic carbocycles. The first kappa shape index (κ1) is 16.8. The normalized spacial score (nSPS) is 10.8. The van der Waals surface area contributed by atoms with Crippen molar-refractivity contribution in [1.29, 1.82) is 0 Å². The second-order valence-corrected chi connectivity index (χ2v) is 6.09. The molecule has 2 aromatic carbocycles. The van der Waals surface area contributed by atoms with E-state index in [4.69, 9.17) is 4.74 Å². The molecule has 1 heterocycles. The summed E-state index contributed by atoms with van der Waals surface area (Å²) >= 11 is 1.30. The van der Waals surface area contributed by atoms with Crippen LogP contribution in [0.25, 0.3) is 6.08 Å². The first-order valence-corrected chi connectivity index (χ1v) is 8.33. The number of esters is 1. The average Bonchev–Trinajstić information content (AvgIpc) is 3.16. The summed E-state index contributed by atoms with van der Waals surface area (Å²) in [4.78, 5) is 24.5. The summed E-state index contributed by atoms with van der Waals surface area (Å²) < 4.78 is 18.1. The molecule has 0 atom stereocenters. The molecule has 1 aromatic heterocycles. The number of rotatable bonds is 5. The standard InChI is InChI=1S/C20H13FO3S/c21-16-8-3-14(4-9-16)5-12-18(22)15-6-10-17(11-7-15)24-20(23)19-2-1-13-25-19/h1-13H/b12-5+. The summed E-state index contributed by atoms with van der Waals surface area (Å²) in [5.41, 5.74) is 1.20. The molecule has 0 radical (unpaired) electrons. The van der Waals surface area contributed by atoms with Crippen LogP contribution < -0.4 is 4.74 Å². The van der Waals surface area contributed by atoms with Crippen LogP contribution in [0.2, 0.25) is 0 Å². The third-order valence-electron chi connectivity index (χ3n) is 3.37. The van der Waals surface area contributed by atoms with Gasteiger partial charge in [0.2, 0.25) is 0 Å². The Hall–Kier alpha value is -3.05. The van der Waals surface area contributed by atoms with E-state index < -0.39 is 5.97 Å². The van der Waals surface area contributed by atoms with Crippen LogP contribution in [0.1, 0.15) is 25.6 Å². The van der Waals surface area contributed by atoms with Crippen LogP contribution in [0.15, 0.2) is 72.1 Å². The van der Waals surface area contributed by atoms with Gasteiger partial charge in [-0.15, -0.1) is 11.3 Å².